The lowest BCUT2D eigenvalue weighted by molar-refractivity contribution is -0.142. The standard InChI is InChI=1S/C12H22N2O5/c1-8(2)14(4-5-18-3)12(17)13-10-7-19-6-9(10)11(15)16/h8-10H,4-7H2,1-3H3,(H,13,17)(H,15,16). The number of carboxylic acids is 1. The number of amides is 2. The van der Waals surface area contributed by atoms with Gasteiger partial charge in [0.15, 0.2) is 0 Å². The zero-order valence-electron chi connectivity index (χ0n) is 11.6. The monoisotopic (exact) mass is 274 g/mol. The zero-order chi connectivity index (χ0) is 14.4. The van der Waals surface area contributed by atoms with E-state index in [2.05, 4.69) is 5.32 Å². The van der Waals surface area contributed by atoms with Crippen LogP contribution in [-0.2, 0) is 14.3 Å². The minimum Gasteiger partial charge on any atom is -0.481 e. The first-order valence-electron chi connectivity index (χ1n) is 6.34. The Labute approximate surface area is 112 Å². The maximum Gasteiger partial charge on any atom is 0.318 e. The Balaban J connectivity index is 2.58. The Bertz CT molecular complexity index is 321. The van der Waals surface area contributed by atoms with Crippen molar-refractivity contribution in [2.75, 3.05) is 33.5 Å². The fourth-order valence-electron chi connectivity index (χ4n) is 1.97. The first kappa shape index (κ1) is 15.7. The molecule has 1 fully saturated rings. The van der Waals surface area contributed by atoms with Gasteiger partial charge in [-0.3, -0.25) is 4.79 Å². The van der Waals surface area contributed by atoms with Crippen molar-refractivity contribution in [2.45, 2.75) is 25.9 Å². The molecule has 0 spiro atoms. The van der Waals surface area contributed by atoms with Crippen molar-refractivity contribution < 1.29 is 24.2 Å². The molecule has 0 radical (unpaired) electrons. The van der Waals surface area contributed by atoms with Crippen molar-refractivity contribution in [1.29, 1.82) is 0 Å². The molecule has 7 heteroatoms. The van der Waals surface area contributed by atoms with Crippen LogP contribution in [0.2, 0.25) is 0 Å². The average molecular weight is 274 g/mol. The molecule has 2 N–H and O–H groups in total. The third-order valence-corrected chi connectivity index (χ3v) is 3.13. The van der Waals surface area contributed by atoms with E-state index in [1.165, 1.54) is 0 Å². The summed E-state index contributed by atoms with van der Waals surface area (Å²) in [6.45, 7) is 5.07. The Morgan fingerprint density at radius 2 is 2.16 bits per heavy atom. The van der Waals surface area contributed by atoms with Gasteiger partial charge >= 0.3 is 12.0 Å². The van der Waals surface area contributed by atoms with Crippen molar-refractivity contribution in [3.05, 3.63) is 0 Å². The topological polar surface area (TPSA) is 88.1 Å². The molecule has 0 saturated carbocycles. The number of methoxy groups -OCH3 is 1. The van der Waals surface area contributed by atoms with Crippen LogP contribution in [0, 0.1) is 5.92 Å². The average Bonchev–Trinajstić information content (AvgIpc) is 2.77. The summed E-state index contributed by atoms with van der Waals surface area (Å²) < 4.78 is 10.1. The molecule has 1 saturated heterocycles. The summed E-state index contributed by atoms with van der Waals surface area (Å²) in [7, 11) is 1.57. The van der Waals surface area contributed by atoms with Gasteiger partial charge < -0.3 is 24.8 Å². The maximum absolute atomic E-state index is 12.1. The molecule has 0 aromatic rings. The van der Waals surface area contributed by atoms with E-state index in [-0.39, 0.29) is 25.3 Å². The highest BCUT2D eigenvalue weighted by atomic mass is 16.5. The Morgan fingerprint density at radius 3 is 2.68 bits per heavy atom. The van der Waals surface area contributed by atoms with Crippen LogP contribution in [-0.4, -0.2) is 67.6 Å². The van der Waals surface area contributed by atoms with Crippen LogP contribution in [0.4, 0.5) is 4.79 Å². The predicted octanol–water partition coefficient (Wildman–Crippen LogP) is 0.152. The number of hydrogen-bond acceptors (Lipinski definition) is 4. The Hall–Kier alpha value is -1.34. The van der Waals surface area contributed by atoms with Gasteiger partial charge in [0.05, 0.1) is 25.9 Å². The number of nitrogens with one attached hydrogen (secondary N) is 1. The minimum atomic E-state index is -0.948. The number of aliphatic carboxylic acids is 1. The van der Waals surface area contributed by atoms with Crippen molar-refractivity contribution >= 4 is 12.0 Å². The quantitative estimate of drug-likeness (QED) is 0.720. The summed E-state index contributed by atoms with van der Waals surface area (Å²) in [6.07, 6.45) is 0. The molecule has 110 valence electrons. The van der Waals surface area contributed by atoms with E-state index >= 15 is 0 Å². The summed E-state index contributed by atoms with van der Waals surface area (Å²) in [4.78, 5) is 24.7. The number of hydrogen-bond donors (Lipinski definition) is 2. The highest BCUT2D eigenvalue weighted by Crippen LogP contribution is 2.14. The van der Waals surface area contributed by atoms with E-state index in [9.17, 15) is 9.59 Å². The molecule has 7 nitrogen and oxygen atoms in total. The van der Waals surface area contributed by atoms with E-state index < -0.39 is 17.9 Å². The maximum atomic E-state index is 12.1. The van der Waals surface area contributed by atoms with Gasteiger partial charge in [-0.25, -0.2) is 4.79 Å². The van der Waals surface area contributed by atoms with Crippen molar-refractivity contribution in [3.63, 3.8) is 0 Å². The van der Waals surface area contributed by atoms with Gasteiger partial charge in [0.1, 0.15) is 5.92 Å². The van der Waals surface area contributed by atoms with E-state index in [1.54, 1.807) is 12.0 Å². The summed E-state index contributed by atoms with van der Waals surface area (Å²) in [5, 5.41) is 11.7. The lowest BCUT2D eigenvalue weighted by atomic mass is 10.0. The van der Waals surface area contributed by atoms with Gasteiger partial charge in [0, 0.05) is 19.7 Å². The molecule has 1 aliphatic heterocycles. The highest BCUT2D eigenvalue weighted by molar-refractivity contribution is 5.77. The summed E-state index contributed by atoms with van der Waals surface area (Å²) in [5.41, 5.74) is 0. The number of urea groups is 1. The first-order chi connectivity index (χ1) is 8.97. The molecule has 0 aromatic heterocycles. The van der Waals surface area contributed by atoms with E-state index in [1.807, 2.05) is 13.8 Å². The smallest absolute Gasteiger partial charge is 0.318 e. The lowest BCUT2D eigenvalue weighted by Crippen LogP contribution is -2.51. The van der Waals surface area contributed by atoms with Crippen LogP contribution in [0.3, 0.4) is 0 Å². The molecular formula is C12H22N2O5. The van der Waals surface area contributed by atoms with Crippen LogP contribution in [0.15, 0.2) is 0 Å². The zero-order valence-corrected chi connectivity index (χ0v) is 11.6. The largest absolute Gasteiger partial charge is 0.481 e. The van der Waals surface area contributed by atoms with Crippen LogP contribution in [0.25, 0.3) is 0 Å². The van der Waals surface area contributed by atoms with Gasteiger partial charge in [-0.1, -0.05) is 0 Å². The van der Waals surface area contributed by atoms with E-state index in [0.29, 0.717) is 13.2 Å². The molecule has 1 rings (SSSR count). The highest BCUT2D eigenvalue weighted by Gasteiger charge is 2.36. The fraction of sp³-hybridized carbons (Fsp3) is 0.833. The number of nitrogens with zero attached hydrogens (tertiary/aromatic N) is 1. The van der Waals surface area contributed by atoms with E-state index in [4.69, 9.17) is 14.6 Å². The molecule has 0 bridgehead atoms. The van der Waals surface area contributed by atoms with Crippen molar-refractivity contribution in [2.24, 2.45) is 5.92 Å². The third kappa shape index (κ3) is 4.36. The van der Waals surface area contributed by atoms with Gasteiger partial charge in [-0.2, -0.15) is 0 Å². The van der Waals surface area contributed by atoms with Crippen molar-refractivity contribution in [1.82, 2.24) is 10.2 Å². The predicted molar refractivity (Wildman–Crippen MR) is 68.0 cm³/mol. The van der Waals surface area contributed by atoms with Gasteiger partial charge in [0.25, 0.3) is 0 Å². The van der Waals surface area contributed by atoms with Gasteiger partial charge in [-0.05, 0) is 13.8 Å². The third-order valence-electron chi connectivity index (χ3n) is 3.13. The summed E-state index contributed by atoms with van der Waals surface area (Å²) in [6, 6.07) is -0.747. The molecule has 1 heterocycles. The molecular weight excluding hydrogens is 252 g/mol. The van der Waals surface area contributed by atoms with Gasteiger partial charge in [-0.15, -0.1) is 0 Å². The normalized spacial score (nSPS) is 22.5. The molecule has 0 aliphatic carbocycles. The molecule has 0 aromatic carbocycles. The second-order valence-electron chi connectivity index (χ2n) is 4.82. The molecule has 2 unspecified atom stereocenters. The summed E-state index contributed by atoms with van der Waals surface area (Å²) in [5.74, 6) is -1.63. The second-order valence-corrected chi connectivity index (χ2v) is 4.82. The van der Waals surface area contributed by atoms with Crippen LogP contribution in [0.5, 0.6) is 0 Å². The molecule has 19 heavy (non-hydrogen) atoms. The number of carbonyl (C=O) groups excluding carboxylic acids is 1. The number of carboxylic acid groups (broad SMARTS) is 1. The fourth-order valence-corrected chi connectivity index (χ4v) is 1.97. The van der Waals surface area contributed by atoms with Crippen molar-refractivity contribution in [3.8, 4) is 0 Å². The summed E-state index contributed by atoms with van der Waals surface area (Å²) >= 11 is 0. The second kappa shape index (κ2) is 7.30. The molecule has 1 aliphatic rings. The van der Waals surface area contributed by atoms with Crippen LogP contribution >= 0.6 is 0 Å². The number of ether oxygens (including phenoxy) is 2. The van der Waals surface area contributed by atoms with E-state index in [0.717, 1.165) is 0 Å². The number of rotatable bonds is 6. The molecule has 2 atom stereocenters. The molecule has 2 amide bonds. The van der Waals surface area contributed by atoms with Crippen LogP contribution in [0.1, 0.15) is 13.8 Å². The first-order valence-corrected chi connectivity index (χ1v) is 6.34. The lowest BCUT2D eigenvalue weighted by Gasteiger charge is -2.28. The minimum absolute atomic E-state index is 0.0146. The van der Waals surface area contributed by atoms with Gasteiger partial charge in [0.2, 0.25) is 0 Å². The Morgan fingerprint density at radius 1 is 1.47 bits per heavy atom. The SMILES string of the molecule is COCCN(C(=O)NC1COCC1C(=O)O)C(C)C. The Kier molecular flexibility index (Phi) is 6.04. The number of carbonyl (C=O) groups is 2. The van der Waals surface area contributed by atoms with Crippen LogP contribution < -0.4 is 5.32 Å².